The quantitative estimate of drug-likeness (QED) is 0.453. The number of carbonyl (C=O) groups is 2. The van der Waals surface area contributed by atoms with E-state index in [1.54, 1.807) is 20.8 Å². The van der Waals surface area contributed by atoms with Gasteiger partial charge in [-0.15, -0.1) is 0 Å². The second-order valence-electron chi connectivity index (χ2n) is 11.2. The Morgan fingerprint density at radius 1 is 1.31 bits per heavy atom. The average Bonchev–Trinajstić information content (AvgIpc) is 2.98. The topological polar surface area (TPSA) is 141 Å². The van der Waals surface area contributed by atoms with Gasteiger partial charge in [-0.2, -0.15) is 0 Å². The Kier molecular flexibility index (Phi) is 4.40. The molecule has 0 amide bonds. The highest BCUT2D eigenvalue weighted by Crippen LogP contribution is 2.86. The molecule has 0 heterocycles. The first-order valence-corrected chi connectivity index (χ1v) is 12.7. The zero-order chi connectivity index (χ0) is 23.7. The lowest BCUT2D eigenvalue weighted by molar-refractivity contribution is -0.223. The first-order valence-electron chi connectivity index (χ1n) is 11.2. The van der Waals surface area contributed by atoms with Crippen molar-refractivity contribution in [1.29, 1.82) is 0 Å². The van der Waals surface area contributed by atoms with Gasteiger partial charge in [0, 0.05) is 22.2 Å². The Balaban J connectivity index is 1.53. The van der Waals surface area contributed by atoms with Crippen LogP contribution in [0.2, 0.25) is 0 Å². The number of aliphatic hydroxyl groups is 2. The van der Waals surface area contributed by atoms with Crippen molar-refractivity contribution < 1.29 is 43.1 Å². The average molecular weight is 472 g/mol. The second-order valence-corrected chi connectivity index (χ2v) is 12.4. The van der Waals surface area contributed by atoms with Crippen molar-refractivity contribution in [3.05, 3.63) is 12.2 Å². The zero-order valence-electron chi connectivity index (χ0n) is 18.3. The number of aliphatic hydroxyl groups excluding tert-OH is 1. The molecule has 0 aromatic heterocycles. The third kappa shape index (κ3) is 2.24. The summed E-state index contributed by atoms with van der Waals surface area (Å²) in [6.07, 6.45) is 3.01. The summed E-state index contributed by atoms with van der Waals surface area (Å²) in [5.74, 6) is -3.18. The van der Waals surface area contributed by atoms with Gasteiger partial charge in [0.2, 0.25) is 0 Å². The second kappa shape index (κ2) is 6.18. The number of hydrogen-bond acceptors (Lipinski definition) is 6. The monoisotopic (exact) mass is 472 g/mol. The Labute approximate surface area is 185 Å². The van der Waals surface area contributed by atoms with Crippen molar-refractivity contribution in [2.24, 2.45) is 39.9 Å². The Hall–Kier alpha value is -0.960. The van der Waals surface area contributed by atoms with Crippen molar-refractivity contribution >= 4 is 19.4 Å². The van der Waals surface area contributed by atoms with Crippen LogP contribution in [0.5, 0.6) is 0 Å². The van der Waals surface area contributed by atoms with E-state index < -0.39 is 77.5 Å². The molecule has 0 radical (unpaired) electrons. The number of rotatable bonds is 4. The number of alkyl halides is 1. The van der Waals surface area contributed by atoms with Crippen LogP contribution in [0, 0.1) is 39.9 Å². The predicted molar refractivity (Wildman–Crippen MR) is 109 cm³/mol. The third-order valence-corrected chi connectivity index (χ3v) is 10.9. The maximum Gasteiger partial charge on any atom is 0.470 e. The molecule has 5 rings (SSSR count). The first kappa shape index (κ1) is 22.8. The number of phosphoric ester groups is 1. The van der Waals surface area contributed by atoms with Gasteiger partial charge in [0.05, 0.1) is 6.10 Å². The van der Waals surface area contributed by atoms with E-state index >= 15 is 4.39 Å². The van der Waals surface area contributed by atoms with Gasteiger partial charge in [-0.25, -0.2) is 8.96 Å². The third-order valence-electron chi connectivity index (χ3n) is 10.4. The molecule has 32 heavy (non-hydrogen) atoms. The molecule has 1 spiro atoms. The fourth-order valence-corrected chi connectivity index (χ4v) is 9.25. The van der Waals surface area contributed by atoms with Crippen LogP contribution in [0.3, 0.4) is 0 Å². The minimum Gasteiger partial charge on any atom is -0.390 e. The molecule has 10 heteroatoms. The number of hydrogen-bond donors (Lipinski definition) is 4. The van der Waals surface area contributed by atoms with Gasteiger partial charge < -0.3 is 20.0 Å². The molecule has 0 saturated heterocycles. The summed E-state index contributed by atoms with van der Waals surface area (Å²) < 4.78 is 32.5. The minimum atomic E-state index is -4.92. The van der Waals surface area contributed by atoms with Crippen LogP contribution in [-0.2, 0) is 18.7 Å². The van der Waals surface area contributed by atoms with E-state index in [1.165, 1.54) is 6.08 Å². The number of halogens is 1. The molecular weight excluding hydrogens is 442 g/mol. The van der Waals surface area contributed by atoms with E-state index in [0.29, 0.717) is 19.3 Å². The van der Waals surface area contributed by atoms with Gasteiger partial charge >= 0.3 is 7.82 Å². The number of fused-ring (bicyclic) bond motifs is 5. The van der Waals surface area contributed by atoms with Crippen molar-refractivity contribution in [3.8, 4) is 0 Å². The summed E-state index contributed by atoms with van der Waals surface area (Å²) in [5.41, 5.74) is -6.85. The largest absolute Gasteiger partial charge is 0.470 e. The maximum absolute atomic E-state index is 17.1. The maximum atomic E-state index is 17.1. The first-order chi connectivity index (χ1) is 14.6. The fourth-order valence-electron chi connectivity index (χ4n) is 8.97. The van der Waals surface area contributed by atoms with Gasteiger partial charge in [0.1, 0.15) is 17.9 Å². The summed E-state index contributed by atoms with van der Waals surface area (Å²) in [4.78, 5) is 43.5. The lowest BCUT2D eigenvalue weighted by Gasteiger charge is -2.59. The predicted octanol–water partition coefficient (Wildman–Crippen LogP) is 1.70. The smallest absolute Gasteiger partial charge is 0.390 e. The van der Waals surface area contributed by atoms with Gasteiger partial charge in [0.25, 0.3) is 0 Å². The van der Waals surface area contributed by atoms with E-state index in [1.807, 2.05) is 6.08 Å². The van der Waals surface area contributed by atoms with Crippen LogP contribution in [0.4, 0.5) is 4.39 Å². The summed E-state index contributed by atoms with van der Waals surface area (Å²) in [5, 5.41) is 22.9. The van der Waals surface area contributed by atoms with Crippen LogP contribution in [0.25, 0.3) is 0 Å². The van der Waals surface area contributed by atoms with Gasteiger partial charge in [-0.05, 0) is 49.5 Å². The molecule has 3 unspecified atom stereocenters. The van der Waals surface area contributed by atoms with E-state index in [-0.39, 0.29) is 12.2 Å². The van der Waals surface area contributed by atoms with E-state index in [2.05, 4.69) is 4.52 Å². The molecule has 0 aromatic carbocycles. The van der Waals surface area contributed by atoms with Crippen molar-refractivity contribution in [2.45, 2.75) is 63.8 Å². The van der Waals surface area contributed by atoms with Crippen molar-refractivity contribution in [2.75, 3.05) is 6.61 Å². The van der Waals surface area contributed by atoms with Crippen LogP contribution >= 0.6 is 7.82 Å². The number of allylic oxidation sites excluding steroid dienone is 2. The van der Waals surface area contributed by atoms with E-state index in [9.17, 15) is 24.4 Å². The van der Waals surface area contributed by atoms with Crippen LogP contribution < -0.4 is 0 Å². The summed E-state index contributed by atoms with van der Waals surface area (Å²) in [7, 11) is -4.92. The lowest BCUT2D eigenvalue weighted by atomic mass is 9.47. The summed E-state index contributed by atoms with van der Waals surface area (Å²) in [6.45, 7) is 4.10. The Bertz CT molecular complexity index is 994. The van der Waals surface area contributed by atoms with Gasteiger partial charge in [0.15, 0.2) is 11.6 Å². The Morgan fingerprint density at radius 3 is 2.59 bits per heavy atom. The molecule has 8 nitrogen and oxygen atoms in total. The zero-order valence-corrected chi connectivity index (χ0v) is 19.2. The summed E-state index contributed by atoms with van der Waals surface area (Å²) in [6, 6.07) is 0. The van der Waals surface area contributed by atoms with Crippen molar-refractivity contribution in [1.82, 2.24) is 0 Å². The molecule has 0 aliphatic heterocycles. The molecule has 5 aliphatic rings. The van der Waals surface area contributed by atoms with Gasteiger partial charge in [-0.3, -0.25) is 14.1 Å². The fraction of sp³-hybridized carbons (Fsp3) is 0.818. The van der Waals surface area contributed by atoms with E-state index in [0.717, 1.165) is 0 Å². The number of ketones is 2. The standard InChI is InChI=1S/C22H30FO8P/c1-11-8-13-12-4-6-20-7-5-14(24)17(20)19(20,3)21(12,23)15(25)9-18(13,2)22(11,27)16(26)10-31-32(28,29)30/h5,7,11-13,15,17,25,27H,4,6,8-10H2,1-3H3,(H2,28,29,30)/t11-,12?,13?,15-,17-,18-,19+,20?,21-,22-/m0/s1. The molecule has 10 atom stereocenters. The van der Waals surface area contributed by atoms with Crippen molar-refractivity contribution in [3.63, 3.8) is 0 Å². The number of carbonyl (C=O) groups excluding carboxylic acids is 2. The van der Waals surface area contributed by atoms with Crippen LogP contribution in [-0.4, -0.2) is 55.5 Å². The summed E-state index contributed by atoms with van der Waals surface area (Å²) >= 11 is 0. The molecule has 5 aliphatic carbocycles. The molecule has 0 aromatic rings. The highest BCUT2D eigenvalue weighted by Gasteiger charge is 2.90. The molecule has 0 bridgehead atoms. The lowest BCUT2D eigenvalue weighted by Crippen LogP contribution is -2.68. The molecule has 4 saturated carbocycles. The normalized spacial score (nSPS) is 55.8. The SMILES string of the molecule is C[C@H]1CC2C3CCC45C=CC(=O)[C@H]4[C@@]5(C)[C@@]3(F)[C@@H](O)C[C@]2(C)[C@@]1(O)C(=O)COP(=O)(O)O. The molecule has 4 N–H and O–H groups in total. The highest BCUT2D eigenvalue weighted by atomic mass is 31.2. The molecule has 4 fully saturated rings. The molecular formula is C22H30FO8P. The van der Waals surface area contributed by atoms with Crippen LogP contribution in [0.15, 0.2) is 12.2 Å². The molecule has 178 valence electrons. The Morgan fingerprint density at radius 2 is 1.97 bits per heavy atom. The van der Waals surface area contributed by atoms with E-state index in [4.69, 9.17) is 9.79 Å². The van der Waals surface area contributed by atoms with Gasteiger partial charge in [-0.1, -0.05) is 26.8 Å². The van der Waals surface area contributed by atoms with Crippen LogP contribution in [0.1, 0.15) is 46.5 Å². The number of phosphoric acid groups is 1. The number of Topliss-reactive ketones (excluding diaryl/α,β-unsaturated/α-hetero) is 1. The minimum absolute atomic E-state index is 0.105. The highest BCUT2D eigenvalue weighted by molar-refractivity contribution is 7.46.